The molecular weight excluding hydrogens is 308 g/mol. The predicted octanol–water partition coefficient (Wildman–Crippen LogP) is 5.34. The van der Waals surface area contributed by atoms with E-state index in [0.717, 1.165) is 21.7 Å². The second-order valence-electron chi connectivity index (χ2n) is 4.43. The Hall–Kier alpha value is -1.00. The molecule has 0 aliphatic carbocycles. The average Bonchev–Trinajstić information content (AvgIpc) is 2.83. The van der Waals surface area contributed by atoms with E-state index in [0.29, 0.717) is 0 Å². The lowest BCUT2D eigenvalue weighted by atomic mass is 10.2. The molecule has 0 amide bonds. The van der Waals surface area contributed by atoms with Crippen LogP contribution in [0.5, 0.6) is 0 Å². The summed E-state index contributed by atoms with van der Waals surface area (Å²) >= 11 is 9.96. The first-order chi connectivity index (χ1) is 9.78. The minimum atomic E-state index is 0.0904. The zero-order valence-electron chi connectivity index (χ0n) is 10.7. The van der Waals surface area contributed by atoms with Crippen LogP contribution in [-0.4, -0.2) is 5.11 Å². The fourth-order valence-electron chi connectivity index (χ4n) is 2.00. The molecule has 0 spiro atoms. The molecule has 0 saturated heterocycles. The SMILES string of the molecule is OCc1ccc(SCc2sc3ccccc3c2Cl)cc1. The van der Waals surface area contributed by atoms with Crippen molar-refractivity contribution in [3.05, 3.63) is 64.0 Å². The summed E-state index contributed by atoms with van der Waals surface area (Å²) in [6.45, 7) is 0.0904. The van der Waals surface area contributed by atoms with Crippen LogP contribution in [-0.2, 0) is 12.4 Å². The summed E-state index contributed by atoms with van der Waals surface area (Å²) in [5.74, 6) is 0.872. The summed E-state index contributed by atoms with van der Waals surface area (Å²) in [7, 11) is 0. The van der Waals surface area contributed by atoms with Crippen LogP contribution in [0.4, 0.5) is 0 Å². The van der Waals surface area contributed by atoms with E-state index < -0.39 is 0 Å². The summed E-state index contributed by atoms with van der Waals surface area (Å²) in [5, 5.41) is 11.1. The van der Waals surface area contributed by atoms with Gasteiger partial charge in [0.05, 0.1) is 11.6 Å². The Morgan fingerprint density at radius 1 is 1.05 bits per heavy atom. The van der Waals surface area contributed by atoms with Crippen molar-refractivity contribution in [1.29, 1.82) is 0 Å². The van der Waals surface area contributed by atoms with E-state index >= 15 is 0 Å². The minimum Gasteiger partial charge on any atom is -0.392 e. The molecule has 4 heteroatoms. The molecule has 0 aliphatic rings. The van der Waals surface area contributed by atoms with Gasteiger partial charge >= 0.3 is 0 Å². The largest absolute Gasteiger partial charge is 0.392 e. The van der Waals surface area contributed by atoms with Crippen LogP contribution >= 0.6 is 34.7 Å². The molecule has 0 saturated carbocycles. The van der Waals surface area contributed by atoms with Gasteiger partial charge in [-0.25, -0.2) is 0 Å². The van der Waals surface area contributed by atoms with Crippen molar-refractivity contribution in [3.8, 4) is 0 Å². The number of fused-ring (bicyclic) bond motifs is 1. The Balaban J connectivity index is 1.77. The van der Waals surface area contributed by atoms with Crippen LogP contribution in [0.25, 0.3) is 10.1 Å². The fraction of sp³-hybridized carbons (Fsp3) is 0.125. The van der Waals surface area contributed by atoms with Gasteiger partial charge in [-0.3, -0.25) is 0 Å². The first-order valence-electron chi connectivity index (χ1n) is 6.26. The fourth-order valence-corrected chi connectivity index (χ4v) is 4.55. The van der Waals surface area contributed by atoms with Crippen LogP contribution in [0.3, 0.4) is 0 Å². The van der Waals surface area contributed by atoms with E-state index in [1.807, 2.05) is 36.4 Å². The van der Waals surface area contributed by atoms with Crippen LogP contribution in [0.2, 0.25) is 5.02 Å². The minimum absolute atomic E-state index is 0.0904. The number of thiophene rings is 1. The molecule has 0 radical (unpaired) electrons. The molecule has 1 N–H and O–H groups in total. The first-order valence-corrected chi connectivity index (χ1v) is 8.44. The van der Waals surface area contributed by atoms with Crippen LogP contribution < -0.4 is 0 Å². The highest BCUT2D eigenvalue weighted by atomic mass is 35.5. The number of hydrogen-bond acceptors (Lipinski definition) is 3. The molecule has 2 aromatic carbocycles. The number of aliphatic hydroxyl groups is 1. The van der Waals surface area contributed by atoms with Crippen LogP contribution in [0, 0.1) is 0 Å². The summed E-state index contributed by atoms with van der Waals surface area (Å²) in [4.78, 5) is 2.40. The van der Waals surface area contributed by atoms with Crippen molar-refractivity contribution < 1.29 is 5.11 Å². The highest BCUT2D eigenvalue weighted by Gasteiger charge is 2.09. The van der Waals surface area contributed by atoms with Crippen molar-refractivity contribution in [2.45, 2.75) is 17.3 Å². The summed E-state index contributed by atoms with van der Waals surface area (Å²) in [6, 6.07) is 16.2. The van der Waals surface area contributed by atoms with Crippen molar-refractivity contribution in [3.63, 3.8) is 0 Å². The maximum absolute atomic E-state index is 9.03. The van der Waals surface area contributed by atoms with Gasteiger partial charge < -0.3 is 5.11 Å². The molecule has 0 bridgehead atoms. The first kappa shape index (κ1) is 14.0. The Labute approximate surface area is 131 Å². The molecule has 3 aromatic rings. The Morgan fingerprint density at radius 2 is 1.80 bits per heavy atom. The Kier molecular flexibility index (Phi) is 4.32. The van der Waals surface area contributed by atoms with Gasteiger partial charge in [-0.1, -0.05) is 41.9 Å². The molecule has 0 fully saturated rings. The van der Waals surface area contributed by atoms with Crippen molar-refractivity contribution in [1.82, 2.24) is 0 Å². The van der Waals surface area contributed by atoms with Crippen molar-refractivity contribution >= 4 is 44.8 Å². The maximum Gasteiger partial charge on any atom is 0.0681 e. The van der Waals surface area contributed by atoms with Gasteiger partial charge in [0.15, 0.2) is 0 Å². The lowest BCUT2D eigenvalue weighted by Gasteiger charge is -2.02. The third-order valence-electron chi connectivity index (χ3n) is 3.08. The van der Waals surface area contributed by atoms with Crippen LogP contribution in [0.15, 0.2) is 53.4 Å². The molecule has 1 nitrogen and oxygen atoms in total. The Morgan fingerprint density at radius 3 is 2.50 bits per heavy atom. The molecule has 3 rings (SSSR count). The second-order valence-corrected chi connectivity index (χ2v) is 6.99. The number of rotatable bonds is 4. The number of halogens is 1. The normalized spacial score (nSPS) is 11.1. The molecule has 1 aromatic heterocycles. The van der Waals surface area contributed by atoms with E-state index in [4.69, 9.17) is 16.7 Å². The van der Waals surface area contributed by atoms with Crippen molar-refractivity contribution in [2.24, 2.45) is 0 Å². The van der Waals surface area contributed by atoms with Gasteiger partial charge in [-0.2, -0.15) is 0 Å². The zero-order chi connectivity index (χ0) is 13.9. The summed E-state index contributed by atoms with van der Waals surface area (Å²) in [6.07, 6.45) is 0. The van der Waals surface area contributed by atoms with E-state index in [9.17, 15) is 0 Å². The van der Waals surface area contributed by atoms with E-state index in [2.05, 4.69) is 12.1 Å². The van der Waals surface area contributed by atoms with E-state index in [1.165, 1.54) is 14.5 Å². The van der Waals surface area contributed by atoms with E-state index in [-0.39, 0.29) is 6.61 Å². The van der Waals surface area contributed by atoms with Gasteiger partial charge in [0.25, 0.3) is 0 Å². The zero-order valence-corrected chi connectivity index (χ0v) is 13.1. The van der Waals surface area contributed by atoms with E-state index in [1.54, 1.807) is 23.1 Å². The van der Waals surface area contributed by atoms with Gasteiger partial charge in [-0.05, 0) is 23.8 Å². The summed E-state index contributed by atoms with van der Waals surface area (Å²) in [5.41, 5.74) is 0.939. The lowest BCUT2D eigenvalue weighted by molar-refractivity contribution is 0.282. The molecule has 20 heavy (non-hydrogen) atoms. The number of aliphatic hydroxyl groups excluding tert-OH is 1. The Bertz CT molecular complexity index is 719. The smallest absolute Gasteiger partial charge is 0.0681 e. The van der Waals surface area contributed by atoms with Crippen molar-refractivity contribution in [2.75, 3.05) is 0 Å². The molecule has 0 unspecified atom stereocenters. The number of thioether (sulfide) groups is 1. The highest BCUT2D eigenvalue weighted by molar-refractivity contribution is 7.98. The van der Waals surface area contributed by atoms with Gasteiger partial charge in [-0.15, -0.1) is 23.1 Å². The predicted molar refractivity (Wildman–Crippen MR) is 88.8 cm³/mol. The second kappa shape index (κ2) is 6.19. The third-order valence-corrected chi connectivity index (χ3v) is 6.01. The molecule has 102 valence electrons. The third kappa shape index (κ3) is 2.86. The molecular formula is C16H13ClOS2. The monoisotopic (exact) mass is 320 g/mol. The van der Waals surface area contributed by atoms with Gasteiger partial charge in [0.1, 0.15) is 0 Å². The molecule has 1 heterocycles. The van der Waals surface area contributed by atoms with Crippen LogP contribution in [0.1, 0.15) is 10.4 Å². The number of hydrogen-bond donors (Lipinski definition) is 1. The molecule has 0 atom stereocenters. The quantitative estimate of drug-likeness (QED) is 0.655. The topological polar surface area (TPSA) is 20.2 Å². The lowest BCUT2D eigenvalue weighted by Crippen LogP contribution is -1.82. The maximum atomic E-state index is 9.03. The average molecular weight is 321 g/mol. The standard InChI is InChI=1S/C16H13ClOS2/c17-16-13-3-1-2-4-14(13)20-15(16)10-19-12-7-5-11(9-18)6-8-12/h1-8,18H,9-10H2. The number of benzene rings is 2. The molecule has 0 aliphatic heterocycles. The highest BCUT2D eigenvalue weighted by Crippen LogP contribution is 2.38. The summed E-state index contributed by atoms with van der Waals surface area (Å²) < 4.78 is 1.24. The van der Waals surface area contributed by atoms with Gasteiger partial charge in [0.2, 0.25) is 0 Å². The van der Waals surface area contributed by atoms with Gasteiger partial charge in [0, 0.05) is 25.6 Å².